The second-order valence-electron chi connectivity index (χ2n) is 7.63. The molecule has 2 heterocycles. The molecule has 2 aromatic rings. The molecule has 1 aliphatic rings. The van der Waals surface area contributed by atoms with Crippen LogP contribution in [0.1, 0.15) is 29.5 Å². The maximum Gasteiger partial charge on any atom is 0.246 e. The molecule has 0 bridgehead atoms. The van der Waals surface area contributed by atoms with Gasteiger partial charge in [0.2, 0.25) is 5.91 Å². The predicted molar refractivity (Wildman–Crippen MR) is 133 cm³/mol. The Balaban J connectivity index is 1.82. The van der Waals surface area contributed by atoms with E-state index in [1.807, 2.05) is 36.2 Å². The number of hydrogen-bond donors (Lipinski definition) is 3. The number of pyridine rings is 1. The molecule has 1 aromatic carbocycles. The Morgan fingerprint density at radius 2 is 2.13 bits per heavy atom. The number of nitrogens with one attached hydrogen (secondary N) is 2. The summed E-state index contributed by atoms with van der Waals surface area (Å²) in [6.45, 7) is 2.04. The molecule has 1 aromatic heterocycles. The molecule has 2 unspecified atom stereocenters. The van der Waals surface area contributed by atoms with Crippen LogP contribution in [-0.2, 0) is 11.2 Å². The van der Waals surface area contributed by atoms with Gasteiger partial charge in [-0.1, -0.05) is 30.4 Å². The van der Waals surface area contributed by atoms with Gasteiger partial charge >= 0.3 is 0 Å². The number of carbonyl (C=O) groups excluding carboxylic acids is 1. The van der Waals surface area contributed by atoms with Gasteiger partial charge < -0.3 is 20.4 Å². The van der Waals surface area contributed by atoms with Crippen molar-refractivity contribution in [3.05, 3.63) is 65.4 Å². The molecule has 164 valence electrons. The smallest absolute Gasteiger partial charge is 0.246 e. The van der Waals surface area contributed by atoms with E-state index in [9.17, 15) is 9.90 Å². The van der Waals surface area contributed by atoms with Gasteiger partial charge in [-0.05, 0) is 65.0 Å². The van der Waals surface area contributed by atoms with Crippen molar-refractivity contribution in [3.63, 3.8) is 0 Å². The van der Waals surface area contributed by atoms with E-state index in [0.29, 0.717) is 19.5 Å². The van der Waals surface area contributed by atoms with Gasteiger partial charge in [0.15, 0.2) is 0 Å². The van der Waals surface area contributed by atoms with Crippen LogP contribution in [0, 0.1) is 5.92 Å². The molecule has 1 fully saturated rings. The second-order valence-corrected chi connectivity index (χ2v) is 8.36. The van der Waals surface area contributed by atoms with Crippen molar-refractivity contribution in [3.8, 4) is 5.75 Å². The highest BCUT2D eigenvalue weighted by molar-refractivity contribution is 7.81. The minimum absolute atomic E-state index is 0.0302. The van der Waals surface area contributed by atoms with Gasteiger partial charge in [-0.25, -0.2) is 4.98 Å². The van der Waals surface area contributed by atoms with Crippen molar-refractivity contribution in [1.29, 1.82) is 0 Å². The number of phenols is 1. The predicted octanol–water partition coefficient (Wildman–Crippen LogP) is 3.31. The minimum atomic E-state index is 0.0302. The number of piperidine rings is 1. The number of carbonyl (C=O) groups is 1. The normalized spacial score (nSPS) is 16.5. The molecular weight excluding hydrogens is 427 g/mol. The Labute approximate surface area is 191 Å². The maximum atomic E-state index is 12.6. The van der Waals surface area contributed by atoms with Crippen LogP contribution in [0.2, 0.25) is 0 Å². The molecular formula is C23H29N4O2PS. The Hall–Kier alpha value is -2.34. The molecule has 31 heavy (non-hydrogen) atoms. The molecule has 8 heteroatoms. The Bertz CT molecular complexity index is 949. The topological polar surface area (TPSA) is 77.5 Å². The van der Waals surface area contributed by atoms with Crippen molar-refractivity contribution in [2.75, 3.05) is 31.8 Å². The Morgan fingerprint density at radius 3 is 2.84 bits per heavy atom. The number of aromatic hydroxyl groups is 1. The van der Waals surface area contributed by atoms with Gasteiger partial charge in [-0.2, -0.15) is 0 Å². The standard InChI is InChI=1S/C23H29N4O2PS/c1-24-11-2-5-20(29)27-13-3-4-18(15-27)22(31)21-17(10-12-25-23(21)26-30)14-16-6-8-19(28)9-7-16/h2,5-10,12,18,24,28H,3-4,11,13-15,30H2,1H3,(H,25,26)/b5-2+. The van der Waals surface area contributed by atoms with Crippen LogP contribution in [0.25, 0.3) is 0 Å². The van der Waals surface area contributed by atoms with E-state index in [2.05, 4.69) is 24.8 Å². The third-order valence-corrected chi connectivity index (χ3v) is 6.25. The highest BCUT2D eigenvalue weighted by atomic mass is 32.1. The van der Waals surface area contributed by atoms with Gasteiger partial charge in [0.1, 0.15) is 11.6 Å². The van der Waals surface area contributed by atoms with Crippen LogP contribution < -0.4 is 10.4 Å². The summed E-state index contributed by atoms with van der Waals surface area (Å²) in [6.07, 6.45) is 7.81. The summed E-state index contributed by atoms with van der Waals surface area (Å²) in [4.78, 5) is 19.8. The summed E-state index contributed by atoms with van der Waals surface area (Å²) in [5, 5.41) is 15.7. The van der Waals surface area contributed by atoms with E-state index in [-0.39, 0.29) is 17.6 Å². The van der Waals surface area contributed by atoms with Gasteiger partial charge in [0.25, 0.3) is 0 Å². The molecule has 0 radical (unpaired) electrons. The largest absolute Gasteiger partial charge is 0.508 e. The van der Waals surface area contributed by atoms with Gasteiger partial charge in [0, 0.05) is 48.3 Å². The number of benzene rings is 1. The monoisotopic (exact) mass is 456 g/mol. The van der Waals surface area contributed by atoms with E-state index in [0.717, 1.165) is 46.8 Å². The number of anilines is 1. The molecule has 0 saturated carbocycles. The lowest BCUT2D eigenvalue weighted by molar-refractivity contribution is -0.127. The number of rotatable bonds is 8. The van der Waals surface area contributed by atoms with Crippen molar-refractivity contribution in [2.45, 2.75) is 19.3 Å². The molecule has 1 amide bonds. The highest BCUT2D eigenvalue weighted by Gasteiger charge is 2.28. The number of phenolic OH excluding ortho intramolecular Hbond substituents is 1. The summed E-state index contributed by atoms with van der Waals surface area (Å²) in [6, 6.07) is 9.20. The first kappa shape index (κ1) is 23.3. The molecule has 6 nitrogen and oxygen atoms in total. The second kappa shape index (κ2) is 11.3. The van der Waals surface area contributed by atoms with Crippen LogP contribution in [0.15, 0.2) is 48.7 Å². The van der Waals surface area contributed by atoms with Crippen molar-refractivity contribution < 1.29 is 9.90 Å². The van der Waals surface area contributed by atoms with Gasteiger partial charge in [-0.3, -0.25) is 4.79 Å². The molecule has 1 aliphatic heterocycles. The van der Waals surface area contributed by atoms with Crippen LogP contribution >= 0.6 is 21.6 Å². The maximum absolute atomic E-state index is 12.6. The first-order valence-electron chi connectivity index (χ1n) is 10.4. The van der Waals surface area contributed by atoms with Crippen LogP contribution in [0.4, 0.5) is 5.82 Å². The van der Waals surface area contributed by atoms with Crippen LogP contribution in [-0.4, -0.2) is 52.4 Å². The average molecular weight is 457 g/mol. The lowest BCUT2D eigenvalue weighted by Crippen LogP contribution is -2.41. The van der Waals surface area contributed by atoms with Gasteiger partial charge in [0.05, 0.1) is 0 Å². The zero-order valence-electron chi connectivity index (χ0n) is 17.7. The van der Waals surface area contributed by atoms with Crippen LogP contribution in [0.5, 0.6) is 5.75 Å². The number of likely N-dealkylation sites (N-methyl/N-ethyl adjacent to an activating group) is 1. The molecule has 3 N–H and O–H groups in total. The Morgan fingerprint density at radius 1 is 1.35 bits per heavy atom. The summed E-state index contributed by atoms with van der Waals surface area (Å²) < 4.78 is 0. The minimum Gasteiger partial charge on any atom is -0.508 e. The van der Waals surface area contributed by atoms with Crippen LogP contribution in [0.3, 0.4) is 0 Å². The van der Waals surface area contributed by atoms with E-state index < -0.39 is 0 Å². The van der Waals surface area contributed by atoms with Gasteiger partial charge in [-0.15, -0.1) is 0 Å². The number of thiocarbonyl (C=S) groups is 1. The number of likely N-dealkylation sites (tertiary alicyclic amines) is 1. The van der Waals surface area contributed by atoms with Crippen molar-refractivity contribution in [2.24, 2.45) is 5.92 Å². The zero-order chi connectivity index (χ0) is 22.2. The van der Waals surface area contributed by atoms with E-state index >= 15 is 0 Å². The fourth-order valence-electron chi connectivity index (χ4n) is 3.85. The lowest BCUT2D eigenvalue weighted by Gasteiger charge is -2.33. The molecule has 1 saturated heterocycles. The fourth-order valence-corrected chi connectivity index (χ4v) is 4.48. The number of aromatic nitrogens is 1. The van der Waals surface area contributed by atoms with Crippen molar-refractivity contribution >= 4 is 38.2 Å². The SMILES string of the molecule is CNC/C=C/C(=O)N1CCCC(C(=S)c2c(Cc3ccc(O)cc3)ccnc2NP)C1. The van der Waals surface area contributed by atoms with E-state index in [1.165, 1.54) is 0 Å². The summed E-state index contributed by atoms with van der Waals surface area (Å²) in [7, 11) is 4.35. The summed E-state index contributed by atoms with van der Waals surface area (Å²) in [5.74, 6) is 1.11. The lowest BCUT2D eigenvalue weighted by atomic mass is 9.88. The van der Waals surface area contributed by atoms with E-state index in [4.69, 9.17) is 12.2 Å². The van der Waals surface area contributed by atoms with Crippen molar-refractivity contribution in [1.82, 2.24) is 15.2 Å². The fraction of sp³-hybridized carbons (Fsp3) is 0.348. The number of amides is 1. The molecule has 3 rings (SSSR count). The van der Waals surface area contributed by atoms with E-state index in [1.54, 1.807) is 24.4 Å². The molecule has 0 spiro atoms. The Kier molecular flexibility index (Phi) is 8.52. The zero-order valence-corrected chi connectivity index (χ0v) is 19.6. The first-order valence-corrected chi connectivity index (χ1v) is 11.4. The first-order chi connectivity index (χ1) is 15.0. The highest BCUT2D eigenvalue weighted by Crippen LogP contribution is 2.29. The third kappa shape index (κ3) is 6.10. The average Bonchev–Trinajstić information content (AvgIpc) is 2.80. The third-order valence-electron chi connectivity index (χ3n) is 5.44. The summed E-state index contributed by atoms with van der Waals surface area (Å²) >= 11 is 5.97. The molecule has 0 aliphatic carbocycles. The quantitative estimate of drug-likeness (QED) is 0.245. The number of hydrogen-bond acceptors (Lipinski definition) is 6. The molecule has 2 atom stereocenters. The summed E-state index contributed by atoms with van der Waals surface area (Å²) in [5.41, 5.74) is 3.09. The number of nitrogens with zero attached hydrogens (tertiary/aromatic N) is 2.